The largest absolute Gasteiger partial charge is 0.490 e. The lowest BCUT2D eigenvalue weighted by Crippen LogP contribution is -2.50. The summed E-state index contributed by atoms with van der Waals surface area (Å²) in [5.41, 5.74) is 0.346. The molecule has 0 radical (unpaired) electrons. The van der Waals surface area contributed by atoms with Crippen molar-refractivity contribution in [2.24, 2.45) is 5.92 Å². The van der Waals surface area contributed by atoms with Gasteiger partial charge in [-0.25, -0.2) is 4.98 Å². The van der Waals surface area contributed by atoms with E-state index in [9.17, 15) is 9.59 Å². The molecule has 7 nitrogen and oxygen atoms in total. The number of aromatic nitrogens is 1. The number of benzene rings is 1. The lowest BCUT2D eigenvalue weighted by atomic mass is 9.90. The predicted molar refractivity (Wildman–Crippen MR) is 111 cm³/mol. The molecule has 1 aromatic carbocycles. The van der Waals surface area contributed by atoms with E-state index in [1.54, 1.807) is 11.8 Å². The first-order valence-electron chi connectivity index (χ1n) is 10.8. The first-order valence-corrected chi connectivity index (χ1v) is 10.8. The smallest absolute Gasteiger partial charge is 0.276 e. The van der Waals surface area contributed by atoms with Crippen LogP contribution in [-0.2, 0) is 4.79 Å². The molecule has 30 heavy (non-hydrogen) atoms. The molecule has 3 heterocycles. The van der Waals surface area contributed by atoms with E-state index in [0.717, 1.165) is 31.7 Å². The average molecular weight is 412 g/mol. The van der Waals surface area contributed by atoms with E-state index in [0.29, 0.717) is 37.4 Å². The molecule has 2 amide bonds. The molecular formula is C23H29N3O4. The second kappa shape index (κ2) is 9.32. The van der Waals surface area contributed by atoms with Gasteiger partial charge < -0.3 is 19.0 Å². The van der Waals surface area contributed by atoms with Crippen molar-refractivity contribution in [1.29, 1.82) is 0 Å². The molecule has 2 saturated heterocycles. The number of hydrogen-bond acceptors (Lipinski definition) is 5. The van der Waals surface area contributed by atoms with Crippen molar-refractivity contribution in [3.63, 3.8) is 0 Å². The molecule has 2 aromatic rings. The summed E-state index contributed by atoms with van der Waals surface area (Å²) in [4.78, 5) is 33.7. The minimum atomic E-state index is -0.144. The maximum Gasteiger partial charge on any atom is 0.276 e. The van der Waals surface area contributed by atoms with Crippen LogP contribution in [0.15, 0.2) is 41.1 Å². The zero-order valence-electron chi connectivity index (χ0n) is 17.5. The highest BCUT2D eigenvalue weighted by Crippen LogP contribution is 2.28. The van der Waals surface area contributed by atoms with Gasteiger partial charge in [0.2, 0.25) is 5.91 Å². The number of para-hydroxylation sites is 1. The fourth-order valence-electron chi connectivity index (χ4n) is 4.38. The number of amides is 2. The number of aryl methyl sites for hydroxylation is 1. The number of rotatable bonds is 5. The van der Waals surface area contributed by atoms with Crippen molar-refractivity contribution in [2.75, 3.05) is 26.2 Å². The molecule has 160 valence electrons. The summed E-state index contributed by atoms with van der Waals surface area (Å²) in [7, 11) is 0. The summed E-state index contributed by atoms with van der Waals surface area (Å²) in [6.45, 7) is 4.44. The SMILES string of the molecule is Cc1ocnc1C(=O)N1CC[C@H](Oc2ccccc2)[C@@H](CC(=O)N2CCCCC2)C1. The van der Waals surface area contributed by atoms with Crippen LogP contribution in [0.3, 0.4) is 0 Å². The standard InChI is InChI=1S/C23H29N3O4/c1-17-22(24-16-29-17)23(28)26-13-10-20(30-19-8-4-2-5-9-19)18(15-26)14-21(27)25-11-6-3-7-12-25/h2,4-5,8-9,16,18,20H,3,6-7,10-15H2,1H3/t18-,20-/m0/s1. The molecule has 0 aliphatic carbocycles. The Hall–Kier alpha value is -2.83. The number of likely N-dealkylation sites (tertiary alicyclic amines) is 2. The summed E-state index contributed by atoms with van der Waals surface area (Å²) in [5.74, 6) is 1.27. The van der Waals surface area contributed by atoms with Crippen molar-refractivity contribution >= 4 is 11.8 Å². The van der Waals surface area contributed by atoms with Gasteiger partial charge in [0.25, 0.3) is 5.91 Å². The number of nitrogens with zero attached hydrogens (tertiary/aromatic N) is 3. The summed E-state index contributed by atoms with van der Waals surface area (Å²) in [6.07, 6.45) is 5.57. The third-order valence-corrected chi connectivity index (χ3v) is 6.08. The molecule has 0 spiro atoms. The van der Waals surface area contributed by atoms with E-state index in [2.05, 4.69) is 4.98 Å². The van der Waals surface area contributed by atoms with Gasteiger partial charge in [0.05, 0.1) is 0 Å². The fraction of sp³-hybridized carbons (Fsp3) is 0.522. The third kappa shape index (κ3) is 4.66. The average Bonchev–Trinajstić information content (AvgIpc) is 3.21. The Balaban J connectivity index is 1.48. The Morgan fingerprint density at radius 3 is 2.57 bits per heavy atom. The van der Waals surface area contributed by atoms with Gasteiger partial charge in [0.1, 0.15) is 17.6 Å². The van der Waals surface area contributed by atoms with Gasteiger partial charge in [-0.05, 0) is 38.3 Å². The summed E-state index contributed by atoms with van der Waals surface area (Å²) < 4.78 is 11.5. The van der Waals surface area contributed by atoms with Gasteiger partial charge in [0.15, 0.2) is 12.1 Å². The van der Waals surface area contributed by atoms with E-state index in [4.69, 9.17) is 9.15 Å². The quantitative estimate of drug-likeness (QED) is 0.755. The molecule has 0 saturated carbocycles. The lowest BCUT2D eigenvalue weighted by molar-refractivity contribution is -0.134. The molecule has 2 fully saturated rings. The van der Waals surface area contributed by atoms with Crippen LogP contribution >= 0.6 is 0 Å². The van der Waals surface area contributed by atoms with E-state index in [1.165, 1.54) is 12.8 Å². The predicted octanol–water partition coefficient (Wildman–Crippen LogP) is 3.30. The molecule has 0 unspecified atom stereocenters. The molecule has 2 aliphatic rings. The number of carbonyl (C=O) groups is 2. The topological polar surface area (TPSA) is 75.9 Å². The minimum Gasteiger partial charge on any atom is -0.490 e. The molecule has 0 N–H and O–H groups in total. The Morgan fingerprint density at radius 1 is 1.10 bits per heavy atom. The maximum atomic E-state index is 13.0. The van der Waals surface area contributed by atoms with Crippen LogP contribution in [0.4, 0.5) is 0 Å². The van der Waals surface area contributed by atoms with Gasteiger partial charge in [0, 0.05) is 44.9 Å². The van der Waals surface area contributed by atoms with Gasteiger partial charge in [-0.2, -0.15) is 0 Å². The fourth-order valence-corrected chi connectivity index (χ4v) is 4.38. The number of piperidine rings is 2. The van der Waals surface area contributed by atoms with Crippen molar-refractivity contribution in [1.82, 2.24) is 14.8 Å². The molecule has 2 aliphatic heterocycles. The summed E-state index contributed by atoms with van der Waals surface area (Å²) >= 11 is 0. The minimum absolute atomic E-state index is 0.0652. The Bertz CT molecular complexity index is 860. The van der Waals surface area contributed by atoms with Crippen molar-refractivity contribution in [3.05, 3.63) is 48.2 Å². The molecular weight excluding hydrogens is 382 g/mol. The normalized spacial score (nSPS) is 22.0. The van der Waals surface area contributed by atoms with Crippen LogP contribution in [0.1, 0.15) is 48.4 Å². The van der Waals surface area contributed by atoms with Crippen LogP contribution in [0, 0.1) is 12.8 Å². The highest BCUT2D eigenvalue weighted by atomic mass is 16.5. The van der Waals surface area contributed by atoms with E-state index < -0.39 is 0 Å². The van der Waals surface area contributed by atoms with E-state index >= 15 is 0 Å². The van der Waals surface area contributed by atoms with Crippen LogP contribution in [-0.4, -0.2) is 58.9 Å². The first kappa shape index (κ1) is 20.4. The molecule has 1 aromatic heterocycles. The Morgan fingerprint density at radius 2 is 1.87 bits per heavy atom. The van der Waals surface area contributed by atoms with Gasteiger partial charge >= 0.3 is 0 Å². The van der Waals surface area contributed by atoms with Crippen molar-refractivity contribution < 1.29 is 18.7 Å². The summed E-state index contributed by atoms with van der Waals surface area (Å²) in [6, 6.07) is 9.69. The van der Waals surface area contributed by atoms with Gasteiger partial charge in [-0.3, -0.25) is 9.59 Å². The Labute approximate surface area is 177 Å². The molecule has 0 bridgehead atoms. The zero-order chi connectivity index (χ0) is 20.9. The van der Waals surface area contributed by atoms with E-state index in [-0.39, 0.29) is 23.8 Å². The van der Waals surface area contributed by atoms with Gasteiger partial charge in [-0.15, -0.1) is 0 Å². The molecule has 7 heteroatoms. The van der Waals surface area contributed by atoms with Crippen molar-refractivity contribution in [2.45, 2.75) is 45.1 Å². The second-order valence-electron chi connectivity index (χ2n) is 8.17. The van der Waals surface area contributed by atoms with Gasteiger partial charge in [-0.1, -0.05) is 18.2 Å². The number of hydrogen-bond donors (Lipinski definition) is 0. The Kier molecular flexibility index (Phi) is 6.35. The van der Waals surface area contributed by atoms with Crippen LogP contribution < -0.4 is 4.74 Å². The van der Waals surface area contributed by atoms with Crippen LogP contribution in [0.5, 0.6) is 5.75 Å². The van der Waals surface area contributed by atoms with Crippen LogP contribution in [0.25, 0.3) is 0 Å². The highest BCUT2D eigenvalue weighted by Gasteiger charge is 2.36. The number of carbonyl (C=O) groups excluding carboxylic acids is 2. The summed E-state index contributed by atoms with van der Waals surface area (Å²) in [5, 5.41) is 0. The number of ether oxygens (including phenoxy) is 1. The second-order valence-corrected chi connectivity index (χ2v) is 8.17. The maximum absolute atomic E-state index is 13.0. The molecule has 4 rings (SSSR count). The molecule has 2 atom stereocenters. The zero-order valence-corrected chi connectivity index (χ0v) is 17.5. The first-order chi connectivity index (χ1) is 14.6. The highest BCUT2D eigenvalue weighted by molar-refractivity contribution is 5.93. The monoisotopic (exact) mass is 411 g/mol. The van der Waals surface area contributed by atoms with Crippen molar-refractivity contribution in [3.8, 4) is 5.75 Å². The third-order valence-electron chi connectivity index (χ3n) is 6.08. The van der Waals surface area contributed by atoms with Crippen LogP contribution in [0.2, 0.25) is 0 Å². The number of oxazole rings is 1. The van der Waals surface area contributed by atoms with E-state index in [1.807, 2.05) is 35.2 Å². The lowest BCUT2D eigenvalue weighted by Gasteiger charge is -2.39.